The predicted molar refractivity (Wildman–Crippen MR) is 108 cm³/mol. The number of Topliss-reactive ketones (excluding diaryl/α,β-unsaturated/α-hetero) is 2. The van der Waals surface area contributed by atoms with E-state index < -0.39 is 0 Å². The molecule has 152 valence electrons. The molecule has 1 N–H and O–H groups in total. The van der Waals surface area contributed by atoms with Crippen LogP contribution in [0.25, 0.3) is 5.32 Å². The summed E-state index contributed by atoms with van der Waals surface area (Å²) in [5.41, 5.74) is 3.45. The van der Waals surface area contributed by atoms with E-state index in [1.54, 1.807) is 12.1 Å². The molecule has 0 bridgehead atoms. The van der Waals surface area contributed by atoms with Crippen molar-refractivity contribution >= 4 is 17.5 Å². The molecule has 1 aromatic carbocycles. The molecule has 0 unspecified atom stereocenters. The van der Waals surface area contributed by atoms with Crippen molar-refractivity contribution in [2.75, 3.05) is 20.3 Å². The van der Waals surface area contributed by atoms with Crippen molar-refractivity contribution in [2.24, 2.45) is 0 Å². The number of rotatable bonds is 11. The number of nitrogens with zero attached hydrogens (tertiary/aromatic N) is 1. The molecule has 1 aliphatic carbocycles. The summed E-state index contributed by atoms with van der Waals surface area (Å²) in [5.74, 6) is -0.139. The van der Waals surface area contributed by atoms with E-state index in [0.29, 0.717) is 25.0 Å². The molecule has 7 heteroatoms. The maximum atomic E-state index is 12.7. The van der Waals surface area contributed by atoms with Crippen molar-refractivity contribution < 1.29 is 77.3 Å². The van der Waals surface area contributed by atoms with Gasteiger partial charge in [0, 0.05) is 36.9 Å². The quantitative estimate of drug-likeness (QED) is 0.380. The number of benzene rings is 1. The zero-order valence-corrected chi connectivity index (χ0v) is 22.7. The number of nitrogens with one attached hydrogen (secondary N) is 1. The molecular weight excluding hydrogens is 442 g/mol. The van der Waals surface area contributed by atoms with Crippen molar-refractivity contribution in [3.05, 3.63) is 52.0 Å². The average molecular weight is 471 g/mol. The largest absolute Gasteiger partial charge is 1.00 e. The van der Waals surface area contributed by atoms with Gasteiger partial charge in [0.2, 0.25) is 0 Å². The Morgan fingerprint density at radius 3 is 2.45 bits per heavy atom. The van der Waals surface area contributed by atoms with E-state index in [1.165, 1.54) is 6.92 Å². The number of carbonyl (C=O) groups excluding carboxylic acids is 3. The zero-order valence-electron chi connectivity index (χ0n) is 17.8. The number of ketones is 2. The molecule has 0 spiro atoms. The third-order valence-electron chi connectivity index (χ3n) is 4.74. The van der Waals surface area contributed by atoms with Crippen LogP contribution < -0.4 is 63.5 Å². The third kappa shape index (κ3) is 9.34. The van der Waals surface area contributed by atoms with Gasteiger partial charge in [0.1, 0.15) is 5.78 Å². The van der Waals surface area contributed by atoms with E-state index in [-0.39, 0.29) is 88.8 Å². The van der Waals surface area contributed by atoms with Gasteiger partial charge in [-0.05, 0) is 39.0 Å². The molecule has 0 radical (unpaired) electrons. The predicted octanol–water partition coefficient (Wildman–Crippen LogP) is 0.707. The van der Waals surface area contributed by atoms with Gasteiger partial charge in [0.15, 0.2) is 5.78 Å². The minimum absolute atomic E-state index is 0. The second kappa shape index (κ2) is 14.4. The fourth-order valence-corrected chi connectivity index (χ4v) is 3.18. The van der Waals surface area contributed by atoms with Crippen molar-refractivity contribution in [3.8, 4) is 0 Å². The Balaban J connectivity index is 0.00000420. The van der Waals surface area contributed by atoms with Crippen molar-refractivity contribution in [3.63, 3.8) is 0 Å². The summed E-state index contributed by atoms with van der Waals surface area (Å²) >= 11 is 0. The summed E-state index contributed by atoms with van der Waals surface area (Å²) in [6.45, 7) is 2.09. The summed E-state index contributed by atoms with van der Waals surface area (Å²) in [5, 5.41) is 7.14. The molecular formula is C22H29N2O4Rb. The van der Waals surface area contributed by atoms with Crippen LogP contribution in [0, 0.1) is 0 Å². The maximum Gasteiger partial charge on any atom is 1.00 e. The molecule has 29 heavy (non-hydrogen) atoms. The zero-order chi connectivity index (χ0) is 20.4. The van der Waals surface area contributed by atoms with Gasteiger partial charge in [-0.3, -0.25) is 4.79 Å². The first-order chi connectivity index (χ1) is 13.5. The van der Waals surface area contributed by atoms with E-state index in [2.05, 4.69) is 10.6 Å². The molecule has 1 amide bonds. The molecule has 0 saturated carbocycles. The van der Waals surface area contributed by atoms with Gasteiger partial charge in [-0.1, -0.05) is 29.8 Å². The summed E-state index contributed by atoms with van der Waals surface area (Å²) in [4.78, 5) is 35.3. The molecule has 0 aliphatic heterocycles. The summed E-state index contributed by atoms with van der Waals surface area (Å²) in [6, 6.07) is 7.26. The third-order valence-corrected chi connectivity index (χ3v) is 4.74. The van der Waals surface area contributed by atoms with Gasteiger partial charge in [-0.2, -0.15) is 0 Å². The van der Waals surface area contributed by atoms with Crippen LogP contribution in [0.2, 0.25) is 0 Å². The summed E-state index contributed by atoms with van der Waals surface area (Å²) in [7, 11) is 1.86. The fourth-order valence-electron chi connectivity index (χ4n) is 3.18. The monoisotopic (exact) mass is 470 g/mol. The van der Waals surface area contributed by atoms with E-state index in [0.717, 1.165) is 42.5 Å². The Bertz CT molecular complexity index is 729. The molecule has 0 saturated heterocycles. The summed E-state index contributed by atoms with van der Waals surface area (Å²) in [6.07, 6.45) is 4.97. The number of hydrogen-bond acceptors (Lipinski definition) is 5. The number of ether oxygens (including phenoxy) is 1. The molecule has 0 fully saturated rings. The second-order valence-electron chi connectivity index (χ2n) is 7.01. The van der Waals surface area contributed by atoms with E-state index >= 15 is 0 Å². The van der Waals surface area contributed by atoms with E-state index in [4.69, 9.17) is 4.74 Å². The Morgan fingerprint density at radius 1 is 1.10 bits per heavy atom. The molecule has 1 aromatic rings. The van der Waals surface area contributed by atoms with Gasteiger partial charge in [0.05, 0.1) is 12.5 Å². The topological polar surface area (TPSA) is 86.6 Å². The van der Waals surface area contributed by atoms with Crippen LogP contribution in [0.1, 0.15) is 61.4 Å². The minimum Gasteiger partial charge on any atom is -0.648 e. The second-order valence-corrected chi connectivity index (χ2v) is 7.01. The van der Waals surface area contributed by atoms with Gasteiger partial charge in [0.25, 0.3) is 0 Å². The Labute approximate surface area is 222 Å². The van der Waals surface area contributed by atoms with Crippen LogP contribution in [0.4, 0.5) is 0 Å². The Hall–Kier alpha value is -0.665. The van der Waals surface area contributed by atoms with Gasteiger partial charge in [-0.25, -0.2) is 0 Å². The first-order valence-corrected chi connectivity index (χ1v) is 9.82. The normalized spacial score (nSPS) is 13.4. The molecule has 0 atom stereocenters. The van der Waals surface area contributed by atoms with Crippen molar-refractivity contribution in [1.29, 1.82) is 0 Å². The molecule has 0 heterocycles. The van der Waals surface area contributed by atoms with Crippen LogP contribution in [-0.2, 0) is 20.9 Å². The number of allylic oxidation sites excluding steroid dienone is 2. The number of hydrogen-bond donors (Lipinski definition) is 1. The summed E-state index contributed by atoms with van der Waals surface area (Å²) < 4.78 is 5.22. The van der Waals surface area contributed by atoms with E-state index in [9.17, 15) is 14.4 Å². The average Bonchev–Trinajstić information content (AvgIpc) is 2.71. The minimum atomic E-state index is -0.325. The first kappa shape index (κ1) is 26.4. The molecule has 1 aliphatic rings. The number of amides is 1. The fraction of sp³-hybridized carbons (Fsp3) is 0.500. The standard InChI is InChI=1S/C22H30N2O4.Rb/c1-16(25)6-5-13-28-15-21(26)24-14-17-9-11-18(12-10-17)22(27)19-7-3-4-8-20(19)23-2;/h9-12H,3-8,13-15H2,1-2H3,(H2,23,24,26,27);/q;+1/p-1. The van der Waals surface area contributed by atoms with Crippen molar-refractivity contribution in [1.82, 2.24) is 5.32 Å². The van der Waals surface area contributed by atoms with Crippen LogP contribution in [0.5, 0.6) is 0 Å². The molecule has 0 aromatic heterocycles. The van der Waals surface area contributed by atoms with Gasteiger partial charge >= 0.3 is 58.2 Å². The van der Waals surface area contributed by atoms with E-state index in [1.807, 2.05) is 19.2 Å². The molecule has 2 rings (SSSR count). The smallest absolute Gasteiger partial charge is 0.648 e. The van der Waals surface area contributed by atoms with Gasteiger partial charge in [-0.15, -0.1) is 6.54 Å². The maximum absolute atomic E-state index is 12.7. The SMILES string of the molecule is CNC1=C(C(=O)c2ccc(C[N-]C(=O)COCCCC(C)=O)cc2)CCCC1.[Rb+]. The molecule has 6 nitrogen and oxygen atoms in total. The van der Waals surface area contributed by atoms with Crippen LogP contribution >= 0.6 is 0 Å². The van der Waals surface area contributed by atoms with Crippen LogP contribution in [-0.4, -0.2) is 37.7 Å². The number of carbonyl (C=O) groups is 3. The first-order valence-electron chi connectivity index (χ1n) is 9.82. The Kier molecular flexibility index (Phi) is 13.1. The van der Waals surface area contributed by atoms with Crippen molar-refractivity contribution in [2.45, 2.75) is 52.0 Å². The van der Waals surface area contributed by atoms with Gasteiger partial charge < -0.3 is 25.0 Å². The van der Waals surface area contributed by atoms with Crippen LogP contribution in [0.15, 0.2) is 35.5 Å². The Morgan fingerprint density at radius 2 is 1.79 bits per heavy atom. The van der Waals surface area contributed by atoms with Crippen LogP contribution in [0.3, 0.4) is 0 Å².